The van der Waals surface area contributed by atoms with Crippen LogP contribution in [0.5, 0.6) is 0 Å². The first-order chi connectivity index (χ1) is 12.2. The van der Waals surface area contributed by atoms with Gasteiger partial charge in [0.2, 0.25) is 0 Å². The lowest BCUT2D eigenvalue weighted by Crippen LogP contribution is -2.41. The van der Waals surface area contributed by atoms with Crippen LogP contribution in [-0.2, 0) is 20.9 Å². The van der Waals surface area contributed by atoms with E-state index in [0.717, 1.165) is 23.5 Å². The molecule has 0 saturated carbocycles. The van der Waals surface area contributed by atoms with Crippen LogP contribution in [0.4, 0.5) is 23.8 Å². The Bertz CT molecular complexity index is 939. The fourth-order valence-corrected chi connectivity index (χ4v) is 4.27. The minimum atomic E-state index is -4.79. The molecule has 0 saturated heterocycles. The second-order valence-corrected chi connectivity index (χ2v) is 9.60. The van der Waals surface area contributed by atoms with Gasteiger partial charge in [0.05, 0.1) is 16.0 Å². The van der Waals surface area contributed by atoms with Crippen molar-refractivity contribution in [3.63, 3.8) is 0 Å². The number of hydrogen-bond donors (Lipinski definition) is 0. The molecule has 0 aliphatic carbocycles. The zero-order valence-corrected chi connectivity index (χ0v) is 17.5. The quantitative estimate of drug-likeness (QED) is 0.606. The lowest BCUT2D eigenvalue weighted by molar-refractivity contribution is -0.138. The van der Waals surface area contributed by atoms with E-state index in [9.17, 15) is 26.4 Å². The van der Waals surface area contributed by atoms with Crippen LogP contribution < -0.4 is 4.31 Å². The SMILES string of the molecule is CC(C)(C)OC(=O)N(c1cscn1)S(=O)(=O)c1ccc(Br)c(C(F)(F)F)c1. The van der Waals surface area contributed by atoms with E-state index < -0.39 is 38.4 Å². The van der Waals surface area contributed by atoms with Crippen molar-refractivity contribution in [3.05, 3.63) is 39.1 Å². The zero-order valence-electron chi connectivity index (χ0n) is 14.2. The van der Waals surface area contributed by atoms with Gasteiger partial charge in [0, 0.05) is 9.85 Å². The third kappa shape index (κ3) is 4.99. The summed E-state index contributed by atoms with van der Waals surface area (Å²) in [5, 5.41) is 1.27. The van der Waals surface area contributed by atoms with Crippen molar-refractivity contribution in [1.29, 1.82) is 0 Å². The predicted octanol–water partition coefficient (Wildman–Crippen LogP) is 5.05. The van der Waals surface area contributed by atoms with Crippen LogP contribution in [0.1, 0.15) is 26.3 Å². The first-order valence-electron chi connectivity index (χ1n) is 7.27. The largest absolute Gasteiger partial charge is 0.443 e. The summed E-state index contributed by atoms with van der Waals surface area (Å²) in [6, 6.07) is 2.35. The number of thiazole rings is 1. The maximum atomic E-state index is 13.1. The second kappa shape index (κ2) is 7.40. The van der Waals surface area contributed by atoms with Crippen LogP contribution in [0.3, 0.4) is 0 Å². The Labute approximate surface area is 166 Å². The molecule has 0 atom stereocenters. The number of halogens is 4. The van der Waals surface area contributed by atoms with Crippen LogP contribution in [0.15, 0.2) is 38.5 Å². The maximum Gasteiger partial charge on any atom is 0.430 e. The highest BCUT2D eigenvalue weighted by molar-refractivity contribution is 9.10. The van der Waals surface area contributed by atoms with Crippen LogP contribution >= 0.6 is 27.3 Å². The summed E-state index contributed by atoms with van der Waals surface area (Å²) in [6.45, 7) is 4.58. The number of aromatic nitrogens is 1. The Balaban J connectivity index is 2.60. The number of anilines is 1. The Kier molecular flexibility index (Phi) is 5.93. The van der Waals surface area contributed by atoms with Crippen molar-refractivity contribution in [2.24, 2.45) is 0 Å². The molecule has 0 bridgehead atoms. The number of carbonyl (C=O) groups excluding carboxylic acids is 1. The third-order valence-electron chi connectivity index (χ3n) is 2.97. The smallest absolute Gasteiger partial charge is 0.430 e. The highest BCUT2D eigenvalue weighted by Crippen LogP contribution is 2.37. The van der Waals surface area contributed by atoms with Gasteiger partial charge in [0.1, 0.15) is 5.60 Å². The highest BCUT2D eigenvalue weighted by Gasteiger charge is 2.39. The molecule has 2 rings (SSSR count). The molecular weight excluding hydrogens is 473 g/mol. The molecule has 0 unspecified atom stereocenters. The lowest BCUT2D eigenvalue weighted by atomic mass is 10.2. The number of ether oxygens (including phenoxy) is 1. The Morgan fingerprint density at radius 1 is 1.26 bits per heavy atom. The molecule has 6 nitrogen and oxygen atoms in total. The van der Waals surface area contributed by atoms with E-state index in [4.69, 9.17) is 4.74 Å². The highest BCUT2D eigenvalue weighted by atomic mass is 79.9. The van der Waals surface area contributed by atoms with E-state index in [0.29, 0.717) is 6.07 Å². The van der Waals surface area contributed by atoms with Crippen molar-refractivity contribution in [2.45, 2.75) is 37.4 Å². The van der Waals surface area contributed by atoms with Gasteiger partial charge >= 0.3 is 12.3 Å². The number of alkyl halides is 3. The maximum absolute atomic E-state index is 13.1. The summed E-state index contributed by atoms with van der Waals surface area (Å²) in [6.07, 6.45) is -6.06. The van der Waals surface area contributed by atoms with Gasteiger partial charge < -0.3 is 4.74 Å². The van der Waals surface area contributed by atoms with Gasteiger partial charge in [-0.1, -0.05) is 15.9 Å². The van der Waals surface area contributed by atoms with Crippen LogP contribution in [0.2, 0.25) is 0 Å². The summed E-state index contributed by atoms with van der Waals surface area (Å²) in [5.74, 6) is -0.272. The van der Waals surface area contributed by atoms with E-state index in [1.165, 1.54) is 31.7 Å². The molecule has 0 N–H and O–H groups in total. The summed E-state index contributed by atoms with van der Waals surface area (Å²) in [5.41, 5.74) is -0.936. The van der Waals surface area contributed by atoms with Crippen molar-refractivity contribution in [3.8, 4) is 0 Å². The van der Waals surface area contributed by atoms with E-state index in [1.807, 2.05) is 0 Å². The number of rotatable bonds is 3. The fourth-order valence-electron chi connectivity index (χ4n) is 1.91. The molecule has 1 aromatic heterocycles. The minimum Gasteiger partial charge on any atom is -0.443 e. The standard InChI is InChI=1S/C15H14BrF3N2O4S2/c1-14(2,3)25-13(22)21(12-7-26-8-20-12)27(23,24)9-4-5-11(16)10(6-9)15(17,18)19/h4-8H,1-3H3. The van der Waals surface area contributed by atoms with Crippen molar-refractivity contribution >= 4 is 49.2 Å². The lowest BCUT2D eigenvalue weighted by Gasteiger charge is -2.25. The molecule has 1 heterocycles. The van der Waals surface area contributed by atoms with Crippen LogP contribution in [-0.4, -0.2) is 25.1 Å². The number of carbonyl (C=O) groups is 1. The average Bonchev–Trinajstić information content (AvgIpc) is 2.97. The molecule has 148 valence electrons. The van der Waals surface area contributed by atoms with E-state index >= 15 is 0 Å². The number of hydrogen-bond acceptors (Lipinski definition) is 6. The first kappa shape index (κ1) is 21.6. The molecule has 1 amide bonds. The summed E-state index contributed by atoms with van der Waals surface area (Å²) in [4.78, 5) is 15.5. The van der Waals surface area contributed by atoms with E-state index in [2.05, 4.69) is 20.9 Å². The molecule has 0 aliphatic heterocycles. The summed E-state index contributed by atoms with van der Waals surface area (Å²) in [7, 11) is -4.71. The van der Waals surface area contributed by atoms with Crippen molar-refractivity contribution in [2.75, 3.05) is 4.31 Å². The van der Waals surface area contributed by atoms with Gasteiger partial charge in [-0.2, -0.15) is 13.2 Å². The molecule has 2 aromatic rings. The van der Waals surface area contributed by atoms with Gasteiger partial charge in [0.25, 0.3) is 10.0 Å². The van der Waals surface area contributed by atoms with Gasteiger partial charge in [0.15, 0.2) is 5.82 Å². The first-order valence-corrected chi connectivity index (χ1v) is 10.4. The second-order valence-electron chi connectivity index (χ2n) is 6.24. The average molecular weight is 487 g/mol. The van der Waals surface area contributed by atoms with Gasteiger partial charge in [-0.15, -0.1) is 15.6 Å². The number of nitrogens with zero attached hydrogens (tertiary/aromatic N) is 2. The van der Waals surface area contributed by atoms with E-state index in [-0.39, 0.29) is 14.6 Å². The molecule has 0 spiro atoms. The molecular formula is C15H14BrF3N2O4S2. The van der Waals surface area contributed by atoms with Crippen molar-refractivity contribution in [1.82, 2.24) is 4.98 Å². The molecule has 0 fully saturated rings. The number of sulfonamides is 1. The van der Waals surface area contributed by atoms with Crippen molar-refractivity contribution < 1.29 is 31.1 Å². The fraction of sp³-hybridized carbons (Fsp3) is 0.333. The van der Waals surface area contributed by atoms with Gasteiger partial charge in [-0.05, 0) is 39.0 Å². The summed E-state index contributed by atoms with van der Waals surface area (Å²) >= 11 is 3.76. The molecule has 1 aromatic carbocycles. The number of benzene rings is 1. The van der Waals surface area contributed by atoms with Gasteiger partial charge in [-0.25, -0.2) is 18.2 Å². The van der Waals surface area contributed by atoms with E-state index in [1.54, 1.807) is 0 Å². The molecule has 0 aliphatic rings. The Morgan fingerprint density at radius 3 is 2.37 bits per heavy atom. The van der Waals surface area contributed by atoms with Crippen LogP contribution in [0, 0.1) is 0 Å². The number of amides is 1. The summed E-state index contributed by atoms with van der Waals surface area (Å²) < 4.78 is 70.3. The molecule has 12 heteroatoms. The predicted molar refractivity (Wildman–Crippen MR) is 97.2 cm³/mol. The zero-order chi connectivity index (χ0) is 20.6. The van der Waals surface area contributed by atoms with Gasteiger partial charge in [-0.3, -0.25) is 0 Å². The topological polar surface area (TPSA) is 76.6 Å². The normalized spacial score (nSPS) is 12.7. The third-order valence-corrected chi connectivity index (χ3v) is 5.90. The van der Waals surface area contributed by atoms with Crippen LogP contribution in [0.25, 0.3) is 0 Å². The Morgan fingerprint density at radius 2 is 1.89 bits per heavy atom. The molecule has 0 radical (unpaired) electrons. The minimum absolute atomic E-state index is 0.248. The monoisotopic (exact) mass is 486 g/mol. The Hall–Kier alpha value is -1.66. The molecule has 27 heavy (non-hydrogen) atoms.